The largest absolute Gasteiger partial charge is 0.394 e. The fourth-order valence-corrected chi connectivity index (χ4v) is 8.94. The summed E-state index contributed by atoms with van der Waals surface area (Å²) in [5.41, 5.74) is 0. The number of nitrogens with one attached hydrogen (secondary N) is 1. The second kappa shape index (κ2) is 46.7. The van der Waals surface area contributed by atoms with E-state index < -0.39 is 61.5 Å². The van der Waals surface area contributed by atoms with Gasteiger partial charge in [0, 0.05) is 0 Å². The Morgan fingerprint density at radius 1 is 0.507 bits per heavy atom. The second-order valence-electron chi connectivity index (χ2n) is 19.9. The second-order valence-corrected chi connectivity index (χ2v) is 19.9. The zero-order valence-corrected chi connectivity index (χ0v) is 43.3. The third-order valence-corrected chi connectivity index (χ3v) is 13.5. The van der Waals surface area contributed by atoms with Crippen LogP contribution in [0.4, 0.5) is 0 Å². The summed E-state index contributed by atoms with van der Waals surface area (Å²) in [4.78, 5) is 13.1. The number of carbonyl (C=O) groups is 1. The number of hydrogen-bond donors (Lipinski definition) is 7. The Morgan fingerprint density at radius 2 is 0.881 bits per heavy atom. The summed E-state index contributed by atoms with van der Waals surface area (Å²) in [6.45, 7) is 3.61. The SMILES string of the molecule is CCCCCCCCCCC/C=C/CC/C=C/C(O)C(COC1OC(CO)C(O)C(O)C1O)NC(=O)C(O)CCCCCCCCCCCCC/C=C\CCCCCCCCCCCCCC. The molecule has 67 heavy (non-hydrogen) atoms. The van der Waals surface area contributed by atoms with E-state index in [1.54, 1.807) is 6.08 Å². The predicted molar refractivity (Wildman–Crippen MR) is 278 cm³/mol. The first kappa shape index (κ1) is 63.4. The van der Waals surface area contributed by atoms with Crippen molar-refractivity contribution in [1.82, 2.24) is 5.32 Å². The van der Waals surface area contributed by atoms with Crippen LogP contribution >= 0.6 is 0 Å². The van der Waals surface area contributed by atoms with Gasteiger partial charge in [0.15, 0.2) is 6.29 Å². The smallest absolute Gasteiger partial charge is 0.249 e. The predicted octanol–water partition coefficient (Wildman–Crippen LogP) is 12.5. The lowest BCUT2D eigenvalue weighted by Gasteiger charge is -2.40. The van der Waals surface area contributed by atoms with Crippen molar-refractivity contribution < 1.29 is 44.9 Å². The molecule has 10 heteroatoms. The van der Waals surface area contributed by atoms with Crippen molar-refractivity contribution in [2.75, 3.05) is 13.2 Å². The van der Waals surface area contributed by atoms with Gasteiger partial charge in [0.2, 0.25) is 5.91 Å². The van der Waals surface area contributed by atoms with Gasteiger partial charge in [0.1, 0.15) is 30.5 Å². The molecular weight excluding hydrogens is 843 g/mol. The highest BCUT2D eigenvalue weighted by atomic mass is 16.7. The first-order valence-electron chi connectivity index (χ1n) is 28.3. The number of carbonyl (C=O) groups excluding carboxylic acids is 1. The van der Waals surface area contributed by atoms with Crippen LogP contribution in [0.5, 0.6) is 0 Å². The lowest BCUT2D eigenvalue weighted by Crippen LogP contribution is -2.60. The molecule has 1 heterocycles. The maximum Gasteiger partial charge on any atom is 0.249 e. The molecule has 0 radical (unpaired) electrons. The third-order valence-electron chi connectivity index (χ3n) is 13.5. The number of ether oxygens (including phenoxy) is 2. The van der Waals surface area contributed by atoms with Crippen LogP contribution in [-0.2, 0) is 14.3 Å². The molecule has 1 amide bonds. The van der Waals surface area contributed by atoms with Gasteiger partial charge in [-0.1, -0.05) is 237 Å². The first-order chi connectivity index (χ1) is 32.8. The molecule has 0 aromatic carbocycles. The molecule has 0 aromatic rings. The average molecular weight is 950 g/mol. The Balaban J connectivity index is 2.25. The van der Waals surface area contributed by atoms with Crippen LogP contribution < -0.4 is 5.32 Å². The molecule has 1 saturated heterocycles. The van der Waals surface area contributed by atoms with Gasteiger partial charge >= 0.3 is 0 Å². The fraction of sp³-hybridized carbons (Fsp3) is 0.877. The summed E-state index contributed by atoms with van der Waals surface area (Å²) in [6.07, 6.45) is 49.7. The molecule has 394 valence electrons. The number of aliphatic hydroxyl groups is 6. The third kappa shape index (κ3) is 36.0. The van der Waals surface area contributed by atoms with E-state index in [4.69, 9.17) is 9.47 Å². The van der Waals surface area contributed by atoms with Crippen LogP contribution in [-0.4, -0.2) is 98.7 Å². The highest BCUT2D eigenvalue weighted by Crippen LogP contribution is 2.23. The van der Waals surface area contributed by atoms with Crippen molar-refractivity contribution in [1.29, 1.82) is 0 Å². The van der Waals surface area contributed by atoms with E-state index in [0.717, 1.165) is 32.1 Å². The Hall–Kier alpha value is -1.63. The summed E-state index contributed by atoms with van der Waals surface area (Å²) in [5.74, 6) is -0.625. The van der Waals surface area contributed by atoms with Crippen LogP contribution in [0.3, 0.4) is 0 Å². The molecule has 1 aliphatic heterocycles. The maximum absolute atomic E-state index is 13.1. The maximum atomic E-state index is 13.1. The van der Waals surface area contributed by atoms with E-state index in [0.29, 0.717) is 19.3 Å². The van der Waals surface area contributed by atoms with Crippen LogP contribution in [0, 0.1) is 0 Å². The molecule has 0 bridgehead atoms. The zero-order chi connectivity index (χ0) is 48.8. The lowest BCUT2D eigenvalue weighted by molar-refractivity contribution is -0.302. The minimum absolute atomic E-state index is 0.304. The molecule has 0 aliphatic carbocycles. The summed E-state index contributed by atoms with van der Waals surface area (Å²) in [6, 6.07) is -0.997. The molecule has 0 spiro atoms. The van der Waals surface area contributed by atoms with E-state index in [2.05, 4.69) is 43.5 Å². The average Bonchev–Trinajstić information content (AvgIpc) is 3.33. The number of unbranched alkanes of at least 4 members (excludes halogenated alkanes) is 33. The molecule has 8 atom stereocenters. The molecule has 1 rings (SSSR count). The van der Waals surface area contributed by atoms with Gasteiger partial charge in [0.05, 0.1) is 25.4 Å². The Kier molecular flexibility index (Phi) is 44.2. The topological polar surface area (TPSA) is 169 Å². The van der Waals surface area contributed by atoms with E-state index in [1.807, 2.05) is 6.08 Å². The van der Waals surface area contributed by atoms with Gasteiger partial charge in [-0.2, -0.15) is 0 Å². The minimum atomic E-state index is -1.62. The molecule has 10 nitrogen and oxygen atoms in total. The number of allylic oxidation sites excluding steroid dienone is 5. The van der Waals surface area contributed by atoms with Crippen molar-refractivity contribution >= 4 is 5.91 Å². The first-order valence-corrected chi connectivity index (χ1v) is 28.3. The van der Waals surface area contributed by atoms with Crippen molar-refractivity contribution in [2.24, 2.45) is 0 Å². The number of aliphatic hydroxyl groups excluding tert-OH is 6. The van der Waals surface area contributed by atoms with Crippen molar-refractivity contribution in [3.8, 4) is 0 Å². The van der Waals surface area contributed by atoms with Gasteiger partial charge in [-0.05, 0) is 57.8 Å². The molecule has 1 aliphatic rings. The highest BCUT2D eigenvalue weighted by Gasteiger charge is 2.44. The minimum Gasteiger partial charge on any atom is -0.394 e. The summed E-state index contributed by atoms with van der Waals surface area (Å²) in [5, 5.41) is 64.9. The van der Waals surface area contributed by atoms with Crippen LogP contribution in [0.2, 0.25) is 0 Å². The number of hydrogen-bond acceptors (Lipinski definition) is 9. The normalized spacial score (nSPS) is 20.4. The number of amides is 1. The molecule has 0 aromatic heterocycles. The highest BCUT2D eigenvalue weighted by molar-refractivity contribution is 5.80. The molecule has 8 unspecified atom stereocenters. The van der Waals surface area contributed by atoms with Gasteiger partial charge < -0.3 is 45.4 Å². The van der Waals surface area contributed by atoms with Gasteiger partial charge in [-0.3, -0.25) is 4.79 Å². The number of rotatable bonds is 48. The monoisotopic (exact) mass is 950 g/mol. The van der Waals surface area contributed by atoms with E-state index in [9.17, 15) is 35.4 Å². The molecule has 1 fully saturated rings. The van der Waals surface area contributed by atoms with E-state index in [-0.39, 0.29) is 6.61 Å². The Bertz CT molecular complexity index is 1160. The Labute approximate surface area is 411 Å². The van der Waals surface area contributed by atoms with Crippen LogP contribution in [0.25, 0.3) is 0 Å². The van der Waals surface area contributed by atoms with Gasteiger partial charge in [-0.25, -0.2) is 0 Å². The van der Waals surface area contributed by atoms with Gasteiger partial charge in [-0.15, -0.1) is 0 Å². The lowest BCUT2D eigenvalue weighted by atomic mass is 9.99. The fourth-order valence-electron chi connectivity index (χ4n) is 8.94. The Morgan fingerprint density at radius 3 is 1.30 bits per heavy atom. The quantitative estimate of drug-likeness (QED) is 0.0232. The molecule has 0 saturated carbocycles. The van der Waals surface area contributed by atoms with Crippen LogP contribution in [0.1, 0.15) is 258 Å². The summed E-state index contributed by atoms with van der Waals surface area (Å²) in [7, 11) is 0. The molecular formula is C57H107NO9. The van der Waals surface area contributed by atoms with Crippen molar-refractivity contribution in [3.63, 3.8) is 0 Å². The van der Waals surface area contributed by atoms with E-state index >= 15 is 0 Å². The summed E-state index contributed by atoms with van der Waals surface area (Å²) < 4.78 is 11.2. The van der Waals surface area contributed by atoms with Gasteiger partial charge in [0.25, 0.3) is 0 Å². The molecule has 7 N–H and O–H groups in total. The van der Waals surface area contributed by atoms with Crippen LogP contribution in [0.15, 0.2) is 36.5 Å². The summed E-state index contributed by atoms with van der Waals surface area (Å²) >= 11 is 0. The van der Waals surface area contributed by atoms with Crippen molar-refractivity contribution in [3.05, 3.63) is 36.5 Å². The standard InChI is InChI=1S/C57H107NO9/c1-3-5-7-9-11-13-15-17-19-20-21-22-23-24-25-26-27-28-29-30-32-34-36-38-40-42-44-46-51(61)56(65)58-49(48-66-57-55(64)54(63)53(62)52(47-59)67-57)50(60)45-43-41-39-37-35-33-31-18-16-14-12-10-8-6-4-2/h24-25,35,37,43,45,49-55,57,59-64H,3-23,26-34,36,38-42,44,46-48H2,1-2H3,(H,58,65)/b25-24-,37-35+,45-43+. The van der Waals surface area contributed by atoms with E-state index in [1.165, 1.54) is 193 Å². The van der Waals surface area contributed by atoms with Crippen molar-refractivity contribution in [2.45, 2.75) is 307 Å². The zero-order valence-electron chi connectivity index (χ0n) is 43.3.